The number of hydrogen-bond acceptors (Lipinski definition) is 7. The first-order valence-corrected chi connectivity index (χ1v) is 6.66. The van der Waals surface area contributed by atoms with Crippen molar-refractivity contribution in [2.45, 2.75) is 6.18 Å². The number of benzene rings is 2. The zero-order valence-electron chi connectivity index (χ0n) is 12.7. The summed E-state index contributed by atoms with van der Waals surface area (Å²) in [6.07, 6.45) is -5.27. The quantitative estimate of drug-likeness (QED) is 0.455. The zero-order chi connectivity index (χ0) is 20.5. The molecule has 0 saturated carbocycles. The number of nitro groups is 3. The Bertz CT molecular complexity index is 963. The average molecular weight is 390 g/mol. The highest BCUT2D eigenvalue weighted by molar-refractivity contribution is 5.79. The second kappa shape index (κ2) is 6.81. The van der Waals surface area contributed by atoms with Crippen molar-refractivity contribution in [3.05, 3.63) is 72.1 Å². The summed E-state index contributed by atoms with van der Waals surface area (Å²) in [5.41, 5.74) is -7.25. The Balaban J connectivity index is 2.78. The molecular weight excluding hydrogens is 384 g/mol. The van der Waals surface area contributed by atoms with Crippen LogP contribution in [0, 0.1) is 36.2 Å². The van der Waals surface area contributed by atoms with E-state index in [4.69, 9.17) is 0 Å². The lowest BCUT2D eigenvalue weighted by atomic mass is 10.1. The molecule has 10 nitrogen and oxygen atoms in total. The molecule has 1 N–H and O–H groups in total. The molecule has 2 rings (SSSR count). The SMILES string of the molecule is O=[N+]([O-])c1cc([N+](=O)[O-])c(Nc2ccc(F)cc2[N+](=O)[O-])c(C(F)(F)F)c1. The predicted molar refractivity (Wildman–Crippen MR) is 81.1 cm³/mol. The molecule has 0 saturated heterocycles. The Hall–Kier alpha value is -3.84. The molecule has 0 bridgehead atoms. The second-order valence-electron chi connectivity index (χ2n) is 4.94. The summed E-state index contributed by atoms with van der Waals surface area (Å²) in [4.78, 5) is 29.2. The first-order valence-electron chi connectivity index (χ1n) is 6.66. The van der Waals surface area contributed by atoms with Gasteiger partial charge >= 0.3 is 6.18 Å². The van der Waals surface area contributed by atoms with Gasteiger partial charge in [0.05, 0.1) is 32.5 Å². The van der Waals surface area contributed by atoms with Gasteiger partial charge in [-0.25, -0.2) is 4.39 Å². The number of nitrogens with one attached hydrogen (secondary N) is 1. The molecule has 0 aliphatic rings. The van der Waals surface area contributed by atoms with Gasteiger partial charge in [-0.1, -0.05) is 0 Å². The number of rotatable bonds is 5. The van der Waals surface area contributed by atoms with E-state index in [0.717, 1.165) is 0 Å². The van der Waals surface area contributed by atoms with Crippen LogP contribution in [0.3, 0.4) is 0 Å². The van der Waals surface area contributed by atoms with Crippen molar-refractivity contribution in [3.63, 3.8) is 0 Å². The lowest BCUT2D eigenvalue weighted by Gasteiger charge is -2.15. The third-order valence-electron chi connectivity index (χ3n) is 3.23. The van der Waals surface area contributed by atoms with E-state index in [1.807, 2.05) is 5.32 Å². The van der Waals surface area contributed by atoms with Gasteiger partial charge in [0.1, 0.15) is 17.2 Å². The topological polar surface area (TPSA) is 141 Å². The molecule has 0 heterocycles. The summed E-state index contributed by atoms with van der Waals surface area (Å²) in [5, 5.41) is 34.7. The minimum absolute atomic E-state index is 0.0463. The second-order valence-corrected chi connectivity index (χ2v) is 4.94. The molecule has 0 spiro atoms. The zero-order valence-corrected chi connectivity index (χ0v) is 12.7. The smallest absolute Gasteiger partial charge is 0.344 e. The van der Waals surface area contributed by atoms with Crippen molar-refractivity contribution in [2.24, 2.45) is 0 Å². The molecule has 142 valence electrons. The molecular formula is C13H6F4N4O6. The van der Waals surface area contributed by atoms with E-state index in [-0.39, 0.29) is 12.1 Å². The Kier molecular flexibility index (Phi) is 4.92. The molecule has 0 aliphatic heterocycles. The fourth-order valence-corrected chi connectivity index (χ4v) is 2.11. The highest BCUT2D eigenvalue weighted by atomic mass is 19.4. The molecule has 0 fully saturated rings. The highest BCUT2D eigenvalue weighted by Crippen LogP contribution is 2.44. The average Bonchev–Trinajstić information content (AvgIpc) is 2.54. The summed E-state index contributed by atoms with van der Waals surface area (Å²) < 4.78 is 53.0. The number of anilines is 2. The van der Waals surface area contributed by atoms with Gasteiger partial charge in [0.25, 0.3) is 17.1 Å². The maximum absolute atomic E-state index is 13.3. The number of non-ortho nitro benzene ring substituents is 1. The van der Waals surface area contributed by atoms with E-state index in [9.17, 15) is 47.9 Å². The largest absolute Gasteiger partial charge is 0.418 e. The summed E-state index contributed by atoms with van der Waals surface area (Å²) in [6.45, 7) is 0. The number of nitrogens with zero attached hydrogens (tertiary/aromatic N) is 3. The van der Waals surface area contributed by atoms with Crippen molar-refractivity contribution < 1.29 is 32.3 Å². The molecule has 0 atom stereocenters. The molecule has 0 aromatic heterocycles. The van der Waals surface area contributed by atoms with Gasteiger partial charge < -0.3 is 5.32 Å². The monoisotopic (exact) mass is 390 g/mol. The van der Waals surface area contributed by atoms with Crippen LogP contribution in [0.4, 0.5) is 46.0 Å². The molecule has 27 heavy (non-hydrogen) atoms. The fourth-order valence-electron chi connectivity index (χ4n) is 2.11. The van der Waals surface area contributed by atoms with Crippen LogP contribution in [0.2, 0.25) is 0 Å². The van der Waals surface area contributed by atoms with E-state index in [1.165, 1.54) is 0 Å². The lowest BCUT2D eigenvalue weighted by molar-refractivity contribution is -0.394. The molecule has 2 aromatic rings. The van der Waals surface area contributed by atoms with E-state index in [2.05, 4.69) is 0 Å². The Morgan fingerprint density at radius 2 is 1.44 bits per heavy atom. The fraction of sp³-hybridized carbons (Fsp3) is 0.0769. The van der Waals surface area contributed by atoms with Crippen LogP contribution >= 0.6 is 0 Å². The number of nitro benzene ring substituents is 3. The molecule has 0 radical (unpaired) electrons. The maximum Gasteiger partial charge on any atom is 0.418 e. The summed E-state index contributed by atoms with van der Waals surface area (Å²) in [5.74, 6) is -1.07. The van der Waals surface area contributed by atoms with E-state index in [1.54, 1.807) is 0 Å². The van der Waals surface area contributed by atoms with Crippen LogP contribution in [0.15, 0.2) is 30.3 Å². The van der Waals surface area contributed by atoms with Gasteiger partial charge in [0, 0.05) is 6.07 Å². The van der Waals surface area contributed by atoms with Gasteiger partial charge in [-0.05, 0) is 12.1 Å². The normalized spacial score (nSPS) is 11.1. The molecule has 0 amide bonds. The van der Waals surface area contributed by atoms with E-state index >= 15 is 0 Å². The Morgan fingerprint density at radius 1 is 0.852 bits per heavy atom. The predicted octanol–water partition coefficient (Wildman–Crippen LogP) is 4.31. The lowest BCUT2D eigenvalue weighted by Crippen LogP contribution is -2.12. The Morgan fingerprint density at radius 3 is 1.93 bits per heavy atom. The van der Waals surface area contributed by atoms with Crippen LogP contribution in [0.1, 0.15) is 5.56 Å². The van der Waals surface area contributed by atoms with Gasteiger partial charge in [-0.15, -0.1) is 0 Å². The van der Waals surface area contributed by atoms with Crippen LogP contribution in [-0.2, 0) is 6.18 Å². The first-order chi connectivity index (χ1) is 12.4. The van der Waals surface area contributed by atoms with E-state index < -0.39 is 60.8 Å². The van der Waals surface area contributed by atoms with Crippen LogP contribution in [0.25, 0.3) is 0 Å². The number of halogens is 4. The highest BCUT2D eigenvalue weighted by Gasteiger charge is 2.40. The van der Waals surface area contributed by atoms with Crippen molar-refractivity contribution in [2.75, 3.05) is 5.32 Å². The van der Waals surface area contributed by atoms with Gasteiger partial charge in [0.2, 0.25) is 0 Å². The minimum atomic E-state index is -5.27. The number of hydrogen-bond donors (Lipinski definition) is 1. The van der Waals surface area contributed by atoms with Crippen LogP contribution in [-0.4, -0.2) is 14.8 Å². The van der Waals surface area contributed by atoms with Gasteiger partial charge in [0.15, 0.2) is 0 Å². The summed E-state index contributed by atoms with van der Waals surface area (Å²) in [6, 6.07) is 2.10. The first kappa shape index (κ1) is 19.5. The Labute approximate surface area is 145 Å². The van der Waals surface area contributed by atoms with E-state index in [0.29, 0.717) is 18.2 Å². The minimum Gasteiger partial charge on any atom is -0.344 e. The van der Waals surface area contributed by atoms with Gasteiger partial charge in [-0.3, -0.25) is 30.3 Å². The standard InChI is InChI=1S/C13H6F4N4O6/c14-6-1-2-9(10(3-6)20(24)25)18-12-8(13(15,16)17)4-7(19(22)23)5-11(12)21(26)27/h1-5,18H. The van der Waals surface area contributed by atoms with Crippen molar-refractivity contribution in [1.82, 2.24) is 0 Å². The molecule has 0 aliphatic carbocycles. The van der Waals surface area contributed by atoms with Gasteiger partial charge in [-0.2, -0.15) is 13.2 Å². The molecule has 0 unspecified atom stereocenters. The molecule has 2 aromatic carbocycles. The third kappa shape index (κ3) is 4.05. The summed E-state index contributed by atoms with van der Waals surface area (Å²) >= 11 is 0. The maximum atomic E-state index is 13.3. The number of alkyl halides is 3. The van der Waals surface area contributed by atoms with Crippen molar-refractivity contribution >= 4 is 28.4 Å². The van der Waals surface area contributed by atoms with Crippen molar-refractivity contribution in [1.29, 1.82) is 0 Å². The third-order valence-corrected chi connectivity index (χ3v) is 3.23. The van der Waals surface area contributed by atoms with Crippen LogP contribution in [0.5, 0.6) is 0 Å². The summed E-state index contributed by atoms with van der Waals surface area (Å²) in [7, 11) is 0. The van der Waals surface area contributed by atoms with Crippen molar-refractivity contribution in [3.8, 4) is 0 Å². The molecule has 14 heteroatoms. The van der Waals surface area contributed by atoms with Crippen LogP contribution < -0.4 is 5.32 Å².